The third-order valence-electron chi connectivity index (χ3n) is 3.43. The first kappa shape index (κ1) is 20.8. The predicted molar refractivity (Wildman–Crippen MR) is 103 cm³/mol. The molecule has 3 aromatic rings. The number of nitrogens with zero attached hydrogens (tertiary/aromatic N) is 3. The van der Waals surface area contributed by atoms with E-state index in [2.05, 4.69) is 20.9 Å². The Morgan fingerprint density at radius 2 is 2.00 bits per heavy atom. The maximum Gasteiger partial charge on any atom is 0.295 e. The molecule has 3 rings (SSSR count). The highest BCUT2D eigenvalue weighted by Gasteiger charge is 2.24. The molecule has 0 aliphatic heterocycles. The van der Waals surface area contributed by atoms with Crippen LogP contribution in [0.3, 0.4) is 0 Å². The molecule has 0 fully saturated rings. The van der Waals surface area contributed by atoms with E-state index < -0.39 is 17.5 Å². The number of amides is 1. The fourth-order valence-corrected chi connectivity index (χ4v) is 3.54. The van der Waals surface area contributed by atoms with Gasteiger partial charge in [-0.2, -0.15) is 0 Å². The van der Waals surface area contributed by atoms with E-state index in [9.17, 15) is 13.6 Å². The van der Waals surface area contributed by atoms with Gasteiger partial charge in [0.1, 0.15) is 11.3 Å². The zero-order valence-corrected chi connectivity index (χ0v) is 17.1. The van der Waals surface area contributed by atoms with Crippen molar-refractivity contribution < 1.29 is 18.0 Å². The molecule has 0 atom stereocenters. The van der Waals surface area contributed by atoms with Crippen LogP contribution < -0.4 is 4.90 Å². The Balaban J connectivity index is 0.00000243. The van der Waals surface area contributed by atoms with Crippen molar-refractivity contribution in [3.05, 3.63) is 46.3 Å². The van der Waals surface area contributed by atoms with Gasteiger partial charge in [0.25, 0.3) is 5.91 Å². The number of rotatable bonds is 5. The summed E-state index contributed by atoms with van der Waals surface area (Å²) in [5.74, 6) is -1.69. The van der Waals surface area contributed by atoms with Crippen molar-refractivity contribution in [2.45, 2.75) is 0 Å². The van der Waals surface area contributed by atoms with Crippen molar-refractivity contribution in [2.24, 2.45) is 0 Å². The number of carbonyl (C=O) groups excluding carboxylic acids is 1. The molecule has 0 aliphatic carbocycles. The lowest BCUT2D eigenvalue weighted by molar-refractivity contribution is 0.0957. The molecule has 0 aliphatic rings. The van der Waals surface area contributed by atoms with E-state index >= 15 is 0 Å². The Bertz CT molecular complexity index is 932. The molecular weight excluding hydrogens is 452 g/mol. The van der Waals surface area contributed by atoms with Gasteiger partial charge >= 0.3 is 0 Å². The molecule has 1 aromatic carbocycles. The fourth-order valence-electron chi connectivity index (χ4n) is 2.21. The number of fused-ring (bicyclic) bond motifs is 1. The monoisotopic (exact) mass is 465 g/mol. The summed E-state index contributed by atoms with van der Waals surface area (Å²) in [6.07, 6.45) is 0. The molecule has 140 valence electrons. The molecule has 0 spiro atoms. The van der Waals surface area contributed by atoms with Crippen LogP contribution in [0.2, 0.25) is 0 Å². The first-order valence-corrected chi connectivity index (χ1v) is 8.93. The minimum Gasteiger partial charge on any atom is -0.444 e. The van der Waals surface area contributed by atoms with E-state index in [1.54, 1.807) is 12.1 Å². The average molecular weight is 467 g/mol. The van der Waals surface area contributed by atoms with Crippen LogP contribution in [-0.2, 0) is 0 Å². The number of furan rings is 1. The Kier molecular flexibility index (Phi) is 6.73. The van der Waals surface area contributed by atoms with Gasteiger partial charge in [-0.3, -0.25) is 9.69 Å². The number of benzene rings is 1. The van der Waals surface area contributed by atoms with Gasteiger partial charge in [0.05, 0.1) is 4.70 Å². The first-order chi connectivity index (χ1) is 11.8. The van der Waals surface area contributed by atoms with E-state index in [0.29, 0.717) is 27.6 Å². The highest BCUT2D eigenvalue weighted by atomic mass is 79.9. The Labute approximate surface area is 167 Å². The average Bonchev–Trinajstić information content (AvgIpc) is 3.13. The van der Waals surface area contributed by atoms with Gasteiger partial charge in [0.2, 0.25) is 0 Å². The zero-order valence-electron chi connectivity index (χ0n) is 13.8. The van der Waals surface area contributed by atoms with Crippen LogP contribution in [-0.4, -0.2) is 43.0 Å². The Morgan fingerprint density at radius 1 is 1.27 bits per heavy atom. The van der Waals surface area contributed by atoms with Gasteiger partial charge in [-0.25, -0.2) is 13.8 Å². The predicted octanol–water partition coefficient (Wildman–Crippen LogP) is 4.56. The van der Waals surface area contributed by atoms with Crippen LogP contribution in [0, 0.1) is 11.6 Å². The second-order valence-corrected chi connectivity index (χ2v) is 7.39. The molecule has 2 heterocycles. The third-order valence-corrected chi connectivity index (χ3v) is 4.88. The lowest BCUT2D eigenvalue weighted by Gasteiger charge is -2.20. The lowest BCUT2D eigenvalue weighted by Crippen LogP contribution is -2.36. The topological polar surface area (TPSA) is 49.6 Å². The van der Waals surface area contributed by atoms with E-state index in [1.165, 1.54) is 11.0 Å². The van der Waals surface area contributed by atoms with Crippen molar-refractivity contribution in [1.82, 2.24) is 9.88 Å². The number of halogens is 4. The first-order valence-electron chi connectivity index (χ1n) is 7.32. The highest BCUT2D eigenvalue weighted by Crippen LogP contribution is 2.32. The van der Waals surface area contributed by atoms with Gasteiger partial charge in [0.15, 0.2) is 21.4 Å². The number of likely N-dealkylation sites (N-methyl/N-ethyl adjacent to an activating group) is 1. The van der Waals surface area contributed by atoms with Gasteiger partial charge in [-0.15, -0.1) is 12.4 Å². The summed E-state index contributed by atoms with van der Waals surface area (Å²) < 4.78 is 33.5. The molecule has 2 aromatic heterocycles. The normalized spacial score (nSPS) is 11.0. The molecule has 0 saturated carbocycles. The smallest absolute Gasteiger partial charge is 0.295 e. The van der Waals surface area contributed by atoms with E-state index in [1.807, 2.05) is 19.0 Å². The molecule has 26 heavy (non-hydrogen) atoms. The maximum absolute atomic E-state index is 13.9. The molecule has 0 radical (unpaired) electrons. The number of aromatic nitrogens is 1. The van der Waals surface area contributed by atoms with E-state index in [4.69, 9.17) is 4.42 Å². The molecular formula is C16H15BrClF2N3O2S. The quantitative estimate of drug-likeness (QED) is 0.553. The summed E-state index contributed by atoms with van der Waals surface area (Å²) in [5.41, 5.74) is 0.0460. The van der Waals surface area contributed by atoms with Crippen molar-refractivity contribution in [3.8, 4) is 0 Å². The van der Waals surface area contributed by atoms with Gasteiger partial charge < -0.3 is 9.32 Å². The lowest BCUT2D eigenvalue weighted by atomic mass is 10.3. The van der Waals surface area contributed by atoms with E-state index in [-0.39, 0.29) is 23.7 Å². The van der Waals surface area contributed by atoms with Crippen LogP contribution in [0.1, 0.15) is 10.6 Å². The van der Waals surface area contributed by atoms with Crippen LogP contribution in [0.25, 0.3) is 10.2 Å². The van der Waals surface area contributed by atoms with Gasteiger partial charge in [-0.05, 0) is 48.2 Å². The molecule has 0 N–H and O–H groups in total. The Morgan fingerprint density at radius 3 is 2.62 bits per heavy atom. The molecule has 5 nitrogen and oxygen atoms in total. The van der Waals surface area contributed by atoms with Crippen LogP contribution >= 0.6 is 39.7 Å². The van der Waals surface area contributed by atoms with Crippen molar-refractivity contribution >= 4 is 60.9 Å². The minimum absolute atomic E-state index is 0. The zero-order chi connectivity index (χ0) is 18.1. The minimum atomic E-state index is -0.752. The fraction of sp³-hybridized carbons (Fsp3) is 0.250. The second-order valence-electron chi connectivity index (χ2n) is 5.59. The van der Waals surface area contributed by atoms with Crippen molar-refractivity contribution in [3.63, 3.8) is 0 Å². The molecule has 0 bridgehead atoms. The Hall–Kier alpha value is -1.55. The van der Waals surface area contributed by atoms with Crippen molar-refractivity contribution in [2.75, 3.05) is 32.1 Å². The summed E-state index contributed by atoms with van der Waals surface area (Å²) in [4.78, 5) is 20.3. The number of thiazole rings is 1. The van der Waals surface area contributed by atoms with E-state index in [0.717, 1.165) is 17.4 Å². The summed E-state index contributed by atoms with van der Waals surface area (Å²) >= 11 is 4.22. The summed E-state index contributed by atoms with van der Waals surface area (Å²) in [6, 6.07) is 5.15. The maximum atomic E-state index is 13.9. The standard InChI is InChI=1S/C16H14BrF2N3O2S.ClH/c1-21(2)5-6-22(15(23)11-3-4-13(17)24-11)16-20-14-10(19)7-9(18)8-12(14)25-16;/h3-4,7-8H,5-6H2,1-2H3;1H. The largest absolute Gasteiger partial charge is 0.444 e. The number of hydrogen-bond donors (Lipinski definition) is 0. The number of anilines is 1. The summed E-state index contributed by atoms with van der Waals surface area (Å²) in [7, 11) is 3.75. The highest BCUT2D eigenvalue weighted by molar-refractivity contribution is 9.10. The second kappa shape index (κ2) is 8.43. The van der Waals surface area contributed by atoms with Gasteiger partial charge in [0, 0.05) is 19.2 Å². The summed E-state index contributed by atoms with van der Waals surface area (Å²) in [5, 5.41) is 0.291. The van der Waals surface area contributed by atoms with Gasteiger partial charge in [-0.1, -0.05) is 11.3 Å². The molecule has 1 amide bonds. The van der Waals surface area contributed by atoms with Crippen molar-refractivity contribution in [1.29, 1.82) is 0 Å². The van der Waals surface area contributed by atoms with Crippen LogP contribution in [0.5, 0.6) is 0 Å². The van der Waals surface area contributed by atoms with Crippen LogP contribution in [0.4, 0.5) is 13.9 Å². The molecule has 0 unspecified atom stereocenters. The number of carbonyl (C=O) groups is 1. The SMILES string of the molecule is CN(C)CCN(C(=O)c1ccc(Br)o1)c1nc2c(F)cc(F)cc2s1.Cl. The molecule has 0 saturated heterocycles. The summed E-state index contributed by atoms with van der Waals surface area (Å²) in [6.45, 7) is 0.897. The van der Waals surface area contributed by atoms with Crippen LogP contribution in [0.15, 0.2) is 33.4 Å². The third kappa shape index (κ3) is 4.40. The number of hydrogen-bond acceptors (Lipinski definition) is 5. The molecule has 10 heteroatoms.